The molecule has 0 aromatic carbocycles. The molecule has 20 heavy (non-hydrogen) atoms. The lowest BCUT2D eigenvalue weighted by atomic mass is 10.2. The summed E-state index contributed by atoms with van der Waals surface area (Å²) in [5.74, 6) is 0. The van der Waals surface area contributed by atoms with Gasteiger partial charge in [-0.25, -0.2) is 0 Å². The van der Waals surface area contributed by atoms with E-state index in [9.17, 15) is 8.42 Å². The van der Waals surface area contributed by atoms with Gasteiger partial charge >= 0.3 is 0 Å². The van der Waals surface area contributed by atoms with Crippen LogP contribution in [0.25, 0.3) is 0 Å². The largest absolute Gasteiger partial charge is 0.373 e. The van der Waals surface area contributed by atoms with Crippen molar-refractivity contribution in [3.63, 3.8) is 0 Å². The van der Waals surface area contributed by atoms with E-state index < -0.39 is 10.2 Å². The Labute approximate surface area is 120 Å². The third-order valence-corrected chi connectivity index (χ3v) is 4.64. The van der Waals surface area contributed by atoms with Gasteiger partial charge in [0.25, 0.3) is 10.2 Å². The zero-order valence-electron chi connectivity index (χ0n) is 12.0. The predicted molar refractivity (Wildman–Crippen MR) is 76.3 cm³/mol. The van der Waals surface area contributed by atoms with E-state index in [1.807, 2.05) is 32.9 Å². The topological polar surface area (TPSA) is 71.5 Å². The minimum atomic E-state index is -3.48. The van der Waals surface area contributed by atoms with Gasteiger partial charge in [0, 0.05) is 31.5 Å². The van der Waals surface area contributed by atoms with Gasteiger partial charge in [0.2, 0.25) is 0 Å². The molecule has 0 saturated carbocycles. The smallest absolute Gasteiger partial charge is 0.279 e. The Balaban J connectivity index is 1.98. The number of pyridine rings is 1. The molecular weight excluding hydrogens is 278 g/mol. The molecule has 1 saturated heterocycles. The van der Waals surface area contributed by atoms with Gasteiger partial charge in [-0.3, -0.25) is 4.98 Å². The van der Waals surface area contributed by atoms with E-state index in [-0.39, 0.29) is 18.8 Å². The molecule has 2 heterocycles. The van der Waals surface area contributed by atoms with Crippen LogP contribution in [0.4, 0.5) is 0 Å². The molecule has 0 radical (unpaired) electrons. The van der Waals surface area contributed by atoms with E-state index in [1.165, 1.54) is 4.31 Å². The van der Waals surface area contributed by atoms with Crippen LogP contribution in [0.2, 0.25) is 0 Å². The lowest BCUT2D eigenvalue weighted by molar-refractivity contribution is -0.0444. The summed E-state index contributed by atoms with van der Waals surface area (Å²) in [5.41, 5.74) is 1.75. The normalized spacial score (nSPS) is 24.8. The Bertz CT molecular complexity index is 534. The highest BCUT2D eigenvalue weighted by Crippen LogP contribution is 2.13. The predicted octanol–water partition coefficient (Wildman–Crippen LogP) is 0.834. The van der Waals surface area contributed by atoms with E-state index in [1.54, 1.807) is 6.20 Å². The maximum atomic E-state index is 12.3. The second kappa shape index (κ2) is 6.17. The van der Waals surface area contributed by atoms with E-state index in [2.05, 4.69) is 9.71 Å². The molecule has 1 aromatic heterocycles. The first-order chi connectivity index (χ1) is 9.37. The number of nitrogens with one attached hydrogen (secondary N) is 1. The van der Waals surface area contributed by atoms with Gasteiger partial charge in [0.15, 0.2) is 0 Å². The Kier molecular flexibility index (Phi) is 4.74. The summed E-state index contributed by atoms with van der Waals surface area (Å²) in [6.07, 6.45) is 1.51. The van der Waals surface area contributed by atoms with Crippen LogP contribution in [-0.4, -0.2) is 43.0 Å². The third-order valence-electron chi connectivity index (χ3n) is 3.16. The molecule has 1 aromatic rings. The van der Waals surface area contributed by atoms with Crippen molar-refractivity contribution in [3.05, 3.63) is 29.6 Å². The van der Waals surface area contributed by atoms with Crippen molar-refractivity contribution in [2.75, 3.05) is 13.1 Å². The van der Waals surface area contributed by atoms with Gasteiger partial charge in [0.1, 0.15) is 0 Å². The minimum Gasteiger partial charge on any atom is -0.373 e. The summed E-state index contributed by atoms with van der Waals surface area (Å²) in [4.78, 5) is 4.15. The van der Waals surface area contributed by atoms with Crippen LogP contribution in [0.15, 0.2) is 18.3 Å². The van der Waals surface area contributed by atoms with Crippen molar-refractivity contribution < 1.29 is 13.2 Å². The van der Waals surface area contributed by atoms with E-state index in [0.29, 0.717) is 13.1 Å². The Morgan fingerprint density at radius 2 is 2.00 bits per heavy atom. The standard InChI is InChI=1S/C13H21N3O3S/c1-10-4-5-13(6-14-10)7-15-20(17,18)16-8-11(2)19-12(3)9-16/h4-6,11-12,15H,7-9H2,1-3H3. The average molecular weight is 299 g/mol. The van der Waals surface area contributed by atoms with Crippen LogP contribution in [0, 0.1) is 6.92 Å². The Hall–Kier alpha value is -1.02. The molecule has 0 spiro atoms. The number of rotatable bonds is 4. The van der Waals surface area contributed by atoms with Gasteiger partial charge in [0.05, 0.1) is 12.2 Å². The molecule has 2 unspecified atom stereocenters. The highest BCUT2D eigenvalue weighted by atomic mass is 32.2. The van der Waals surface area contributed by atoms with Gasteiger partial charge in [-0.05, 0) is 32.4 Å². The highest BCUT2D eigenvalue weighted by Gasteiger charge is 2.30. The molecular formula is C13H21N3O3S. The second-order valence-electron chi connectivity index (χ2n) is 5.21. The first-order valence-corrected chi connectivity index (χ1v) is 8.12. The van der Waals surface area contributed by atoms with Crippen molar-refractivity contribution in [2.45, 2.75) is 39.5 Å². The van der Waals surface area contributed by atoms with Crippen LogP contribution in [0.5, 0.6) is 0 Å². The number of ether oxygens (including phenoxy) is 1. The number of nitrogens with zero attached hydrogens (tertiary/aromatic N) is 2. The third kappa shape index (κ3) is 3.99. The lowest BCUT2D eigenvalue weighted by Gasteiger charge is -2.34. The molecule has 1 aliphatic rings. The summed E-state index contributed by atoms with van der Waals surface area (Å²) < 4.78 is 34.1. The fourth-order valence-electron chi connectivity index (χ4n) is 2.20. The SMILES string of the molecule is Cc1ccc(CNS(=O)(=O)N2CC(C)OC(C)C2)cn1. The summed E-state index contributed by atoms with van der Waals surface area (Å²) in [6.45, 7) is 6.65. The molecule has 0 bridgehead atoms. The summed E-state index contributed by atoms with van der Waals surface area (Å²) in [6, 6.07) is 3.73. The highest BCUT2D eigenvalue weighted by molar-refractivity contribution is 7.87. The van der Waals surface area contributed by atoms with Crippen LogP contribution < -0.4 is 4.72 Å². The van der Waals surface area contributed by atoms with Crippen LogP contribution in [0.3, 0.4) is 0 Å². The number of aryl methyl sites for hydroxylation is 1. The van der Waals surface area contributed by atoms with Gasteiger partial charge in [-0.15, -0.1) is 0 Å². The Morgan fingerprint density at radius 3 is 2.55 bits per heavy atom. The van der Waals surface area contributed by atoms with E-state index in [0.717, 1.165) is 11.3 Å². The number of aromatic nitrogens is 1. The number of hydrogen-bond donors (Lipinski definition) is 1. The van der Waals surface area contributed by atoms with Crippen molar-refractivity contribution in [1.29, 1.82) is 0 Å². The maximum absolute atomic E-state index is 12.3. The molecule has 1 N–H and O–H groups in total. The number of hydrogen-bond acceptors (Lipinski definition) is 4. The molecule has 0 amide bonds. The molecule has 1 aliphatic heterocycles. The molecule has 0 aliphatic carbocycles. The average Bonchev–Trinajstić information content (AvgIpc) is 2.37. The summed E-state index contributed by atoms with van der Waals surface area (Å²) in [7, 11) is -3.48. The van der Waals surface area contributed by atoms with E-state index in [4.69, 9.17) is 4.74 Å². The Morgan fingerprint density at radius 1 is 1.35 bits per heavy atom. The van der Waals surface area contributed by atoms with Crippen LogP contribution in [0.1, 0.15) is 25.1 Å². The fourth-order valence-corrected chi connectivity index (χ4v) is 3.54. The molecule has 112 valence electrons. The maximum Gasteiger partial charge on any atom is 0.279 e. The van der Waals surface area contributed by atoms with Crippen molar-refractivity contribution in [1.82, 2.24) is 14.0 Å². The van der Waals surface area contributed by atoms with Crippen LogP contribution >= 0.6 is 0 Å². The van der Waals surface area contributed by atoms with Gasteiger partial charge in [-0.2, -0.15) is 17.4 Å². The zero-order valence-corrected chi connectivity index (χ0v) is 12.9. The second-order valence-corrected chi connectivity index (χ2v) is 6.96. The molecule has 2 rings (SSSR count). The number of morpholine rings is 1. The van der Waals surface area contributed by atoms with Crippen LogP contribution in [-0.2, 0) is 21.5 Å². The summed E-state index contributed by atoms with van der Waals surface area (Å²) in [5, 5.41) is 0. The van der Waals surface area contributed by atoms with Crippen molar-refractivity contribution in [3.8, 4) is 0 Å². The zero-order chi connectivity index (χ0) is 14.8. The lowest BCUT2D eigenvalue weighted by Crippen LogP contribution is -2.51. The molecule has 1 fully saturated rings. The van der Waals surface area contributed by atoms with Gasteiger partial charge in [-0.1, -0.05) is 6.07 Å². The minimum absolute atomic E-state index is 0.0867. The van der Waals surface area contributed by atoms with E-state index >= 15 is 0 Å². The van der Waals surface area contributed by atoms with Gasteiger partial charge < -0.3 is 4.74 Å². The first-order valence-electron chi connectivity index (χ1n) is 6.68. The first kappa shape index (κ1) is 15.4. The molecule has 6 nitrogen and oxygen atoms in total. The summed E-state index contributed by atoms with van der Waals surface area (Å²) >= 11 is 0. The van der Waals surface area contributed by atoms with Crippen molar-refractivity contribution >= 4 is 10.2 Å². The van der Waals surface area contributed by atoms with Crippen molar-refractivity contribution in [2.24, 2.45) is 0 Å². The fraction of sp³-hybridized carbons (Fsp3) is 0.615. The molecule has 7 heteroatoms. The molecule has 2 atom stereocenters. The monoisotopic (exact) mass is 299 g/mol. The quantitative estimate of drug-likeness (QED) is 0.894.